The maximum atomic E-state index is 14.0. The Balaban J connectivity index is 1.46. The van der Waals surface area contributed by atoms with Gasteiger partial charge in [0.15, 0.2) is 0 Å². The predicted molar refractivity (Wildman–Crippen MR) is 190 cm³/mol. The molecule has 0 radical (unpaired) electrons. The van der Waals surface area contributed by atoms with Crippen LogP contribution in [0.5, 0.6) is 5.88 Å². The number of sulfonamides is 1. The van der Waals surface area contributed by atoms with Crippen LogP contribution in [0.15, 0.2) is 53.4 Å². The van der Waals surface area contributed by atoms with Crippen molar-refractivity contribution in [2.75, 3.05) is 31.5 Å². The van der Waals surface area contributed by atoms with Crippen molar-refractivity contribution in [3.8, 4) is 17.1 Å². The van der Waals surface area contributed by atoms with Gasteiger partial charge in [0.05, 0.1) is 17.2 Å². The Labute approximate surface area is 283 Å². The minimum atomic E-state index is -3.95. The molecule has 6 rings (SSSR count). The summed E-state index contributed by atoms with van der Waals surface area (Å²) in [6.07, 6.45) is 7.97. The van der Waals surface area contributed by atoms with Crippen LogP contribution in [0, 0.1) is 42.4 Å². The lowest BCUT2D eigenvalue weighted by Crippen LogP contribution is -2.48. The molecule has 3 aromatic rings. The maximum absolute atomic E-state index is 14.0. The van der Waals surface area contributed by atoms with E-state index in [1.54, 1.807) is 6.07 Å². The van der Waals surface area contributed by atoms with Gasteiger partial charge < -0.3 is 9.64 Å². The Morgan fingerprint density at radius 2 is 1.55 bits per heavy atom. The lowest BCUT2D eigenvalue weighted by molar-refractivity contribution is -0.0322. The molecule has 4 bridgehead atoms. The average molecular weight is 659 g/mol. The monoisotopic (exact) mass is 658 g/mol. The van der Waals surface area contributed by atoms with E-state index >= 15 is 0 Å². The summed E-state index contributed by atoms with van der Waals surface area (Å²) < 4.78 is 37.4. The number of fused-ring (bicyclic) bond motifs is 4. The highest BCUT2D eigenvalue weighted by Crippen LogP contribution is 2.59. The van der Waals surface area contributed by atoms with Crippen molar-refractivity contribution in [2.45, 2.75) is 97.3 Å². The third kappa shape index (κ3) is 7.39. The second kappa shape index (κ2) is 13.1. The summed E-state index contributed by atoms with van der Waals surface area (Å²) in [6.45, 7) is 16.2. The number of nitrogens with one attached hydrogen (secondary N) is 1. The van der Waals surface area contributed by atoms with Gasteiger partial charge in [0.25, 0.3) is 10.0 Å². The van der Waals surface area contributed by atoms with E-state index in [0.29, 0.717) is 41.3 Å². The number of rotatable bonds is 6. The molecular weight excluding hydrogens is 605 g/mol. The first-order chi connectivity index (χ1) is 22.3. The van der Waals surface area contributed by atoms with Crippen LogP contribution < -0.4 is 9.46 Å². The first-order valence-electron chi connectivity index (χ1n) is 17.7. The zero-order chi connectivity index (χ0) is 33.6. The van der Waals surface area contributed by atoms with Gasteiger partial charge in [-0.2, -0.15) is 4.98 Å². The molecule has 1 aliphatic carbocycles. The molecule has 1 N–H and O–H groups in total. The number of aryl methyl sites for hydroxylation is 2. The molecule has 1 atom stereocenters. The topological polar surface area (TPSA) is 84.4 Å². The third-order valence-electron chi connectivity index (χ3n) is 11.1. The number of anilines is 1. The molecule has 8 heteroatoms. The molecule has 47 heavy (non-hydrogen) atoms. The molecule has 1 spiro atoms. The van der Waals surface area contributed by atoms with Crippen LogP contribution in [-0.4, -0.2) is 50.0 Å². The number of nitrogens with zero attached hydrogens (tertiary/aromatic N) is 3. The van der Waals surface area contributed by atoms with Crippen LogP contribution in [0.2, 0.25) is 0 Å². The molecule has 3 heterocycles. The standard InChI is InChI=1S/C39H54N4O3S/c1-26(2)20-39(21-27(3)4)24-33(31-22-38(23-31)14-16-43(7)17-15-38)30-12-9-13-32(18-30)47(44,45)42-37-40-34(19-35(41-37)46-25-39)36-28(5)10-8-11-29(36)6/h8-13,18-19,26-27,31,33H,14-17,20-25H2,1-7H3,(H,40,41,42). The first-order valence-corrected chi connectivity index (χ1v) is 19.1. The maximum Gasteiger partial charge on any atom is 0.264 e. The van der Waals surface area contributed by atoms with E-state index in [-0.39, 0.29) is 22.2 Å². The fraction of sp³-hybridized carbons (Fsp3) is 0.590. The van der Waals surface area contributed by atoms with Gasteiger partial charge in [0, 0.05) is 17.0 Å². The minimum Gasteiger partial charge on any atom is -0.477 e. The molecule has 1 saturated heterocycles. The Morgan fingerprint density at radius 3 is 2.19 bits per heavy atom. The number of piperidine rings is 1. The van der Waals surface area contributed by atoms with Crippen LogP contribution in [-0.2, 0) is 10.0 Å². The average Bonchev–Trinajstić information content (AvgIpc) is 2.97. The summed E-state index contributed by atoms with van der Waals surface area (Å²) in [6, 6.07) is 15.7. The Kier molecular flexibility index (Phi) is 9.49. The van der Waals surface area contributed by atoms with E-state index in [1.165, 1.54) is 38.8 Å². The molecule has 7 nitrogen and oxygen atoms in total. The Morgan fingerprint density at radius 1 is 0.915 bits per heavy atom. The number of ether oxygens (including phenoxy) is 1. The highest BCUT2D eigenvalue weighted by atomic mass is 32.2. The number of hydrogen-bond acceptors (Lipinski definition) is 6. The second-order valence-corrected chi connectivity index (χ2v) is 17.8. The predicted octanol–water partition coefficient (Wildman–Crippen LogP) is 8.63. The molecule has 3 aliphatic rings. The van der Waals surface area contributed by atoms with Gasteiger partial charge in [0.2, 0.25) is 11.8 Å². The summed E-state index contributed by atoms with van der Waals surface area (Å²) in [7, 11) is -1.72. The van der Waals surface area contributed by atoms with Gasteiger partial charge in [-0.1, -0.05) is 58.0 Å². The molecule has 2 aromatic carbocycles. The van der Waals surface area contributed by atoms with Gasteiger partial charge in [-0.25, -0.2) is 18.1 Å². The largest absolute Gasteiger partial charge is 0.477 e. The summed E-state index contributed by atoms with van der Waals surface area (Å²) >= 11 is 0. The minimum absolute atomic E-state index is 0.0304. The van der Waals surface area contributed by atoms with E-state index in [1.807, 2.05) is 24.3 Å². The normalized spacial score (nSPS) is 22.4. The van der Waals surface area contributed by atoms with Crippen LogP contribution in [0.25, 0.3) is 11.3 Å². The molecule has 254 valence electrons. The van der Waals surface area contributed by atoms with Gasteiger partial charge in [-0.15, -0.1) is 0 Å². The van der Waals surface area contributed by atoms with Crippen molar-refractivity contribution >= 4 is 16.0 Å². The summed E-state index contributed by atoms with van der Waals surface area (Å²) in [4.78, 5) is 12.1. The summed E-state index contributed by atoms with van der Waals surface area (Å²) in [5.41, 5.74) is 5.19. The molecular formula is C39H54N4O3S. The lowest BCUT2D eigenvalue weighted by atomic mass is 9.52. The fourth-order valence-electron chi connectivity index (χ4n) is 9.23. The molecule has 0 amide bonds. The van der Waals surface area contributed by atoms with Crippen molar-refractivity contribution in [1.82, 2.24) is 14.9 Å². The van der Waals surface area contributed by atoms with Gasteiger partial charge >= 0.3 is 0 Å². The third-order valence-corrected chi connectivity index (χ3v) is 12.5. The van der Waals surface area contributed by atoms with Crippen molar-refractivity contribution in [3.05, 3.63) is 65.2 Å². The van der Waals surface area contributed by atoms with Gasteiger partial charge in [0.1, 0.15) is 0 Å². The second-order valence-electron chi connectivity index (χ2n) is 16.1. The summed E-state index contributed by atoms with van der Waals surface area (Å²) in [5.74, 6) is 2.16. The molecule has 1 unspecified atom stereocenters. The van der Waals surface area contributed by atoms with E-state index in [0.717, 1.165) is 41.5 Å². The van der Waals surface area contributed by atoms with E-state index in [4.69, 9.17) is 9.72 Å². The zero-order valence-corrected chi connectivity index (χ0v) is 30.3. The van der Waals surface area contributed by atoms with Gasteiger partial charge in [-0.3, -0.25) is 0 Å². The smallest absolute Gasteiger partial charge is 0.264 e. The van der Waals surface area contributed by atoms with Crippen LogP contribution in [0.4, 0.5) is 5.95 Å². The van der Waals surface area contributed by atoms with Crippen LogP contribution in [0.1, 0.15) is 95.2 Å². The van der Waals surface area contributed by atoms with Gasteiger partial charge in [-0.05, 0) is 137 Å². The number of hydrogen-bond donors (Lipinski definition) is 1. The first kappa shape index (κ1) is 33.9. The molecule has 1 aromatic heterocycles. The lowest BCUT2D eigenvalue weighted by Gasteiger charge is -2.55. The van der Waals surface area contributed by atoms with Crippen molar-refractivity contribution in [1.29, 1.82) is 0 Å². The SMILES string of the molecule is Cc1cccc(C)c1-c1cc2nc(n1)NS(=O)(=O)c1cccc(c1)C(C1CC3(CCN(C)CC3)C1)CC(CC(C)C)(CC(C)C)CO2. The van der Waals surface area contributed by atoms with E-state index in [9.17, 15) is 8.42 Å². The van der Waals surface area contributed by atoms with E-state index < -0.39 is 10.0 Å². The highest BCUT2D eigenvalue weighted by Gasteiger charge is 2.50. The Hall–Kier alpha value is -2.97. The van der Waals surface area contributed by atoms with Crippen molar-refractivity contribution < 1.29 is 13.2 Å². The number of likely N-dealkylation sites (tertiary alicyclic amines) is 1. The highest BCUT2D eigenvalue weighted by molar-refractivity contribution is 7.92. The van der Waals surface area contributed by atoms with E-state index in [2.05, 4.69) is 81.4 Å². The number of aromatic nitrogens is 2. The zero-order valence-electron chi connectivity index (χ0n) is 29.5. The molecule has 2 fully saturated rings. The van der Waals surface area contributed by atoms with Crippen LogP contribution >= 0.6 is 0 Å². The Bertz CT molecular complexity index is 1660. The molecule has 2 aliphatic heterocycles. The fourth-order valence-corrected chi connectivity index (χ4v) is 10.2. The van der Waals surface area contributed by atoms with Crippen molar-refractivity contribution in [2.24, 2.45) is 28.6 Å². The number of benzene rings is 2. The molecule has 1 saturated carbocycles. The summed E-state index contributed by atoms with van der Waals surface area (Å²) in [5, 5.41) is 0. The van der Waals surface area contributed by atoms with Crippen LogP contribution in [0.3, 0.4) is 0 Å². The quantitative estimate of drug-likeness (QED) is 0.286. The van der Waals surface area contributed by atoms with Crippen molar-refractivity contribution in [3.63, 3.8) is 0 Å².